The number of anilines is 1. The minimum atomic E-state index is 0.684. The molecule has 1 unspecified atom stereocenters. The third kappa shape index (κ3) is 2.77. The first kappa shape index (κ1) is 12.9. The lowest BCUT2D eigenvalue weighted by Gasteiger charge is -2.11. The van der Waals surface area contributed by atoms with Crippen LogP contribution in [0.1, 0.15) is 11.1 Å². The van der Waals surface area contributed by atoms with Crippen molar-refractivity contribution in [2.75, 3.05) is 11.5 Å². The molecule has 2 aromatic carbocycles. The van der Waals surface area contributed by atoms with Gasteiger partial charge in [-0.3, -0.25) is 0 Å². The fraction of sp³-hybridized carbons (Fsp3) is 0.250. The third-order valence-corrected chi connectivity index (χ3v) is 6.32. The molecule has 0 fully saturated rings. The van der Waals surface area contributed by atoms with E-state index in [-0.39, 0.29) is 0 Å². The summed E-state index contributed by atoms with van der Waals surface area (Å²) in [5.74, 6) is 1.14. The highest BCUT2D eigenvalue weighted by molar-refractivity contribution is 8.03. The number of rotatable bonds is 3. The fourth-order valence-corrected chi connectivity index (χ4v) is 4.87. The number of thioether (sulfide) groups is 2. The number of fused-ring (bicyclic) bond motifs is 1. The van der Waals surface area contributed by atoms with E-state index in [4.69, 9.17) is 5.73 Å². The summed E-state index contributed by atoms with van der Waals surface area (Å²) in [6.45, 7) is 2.11. The van der Waals surface area contributed by atoms with Gasteiger partial charge in [0.1, 0.15) is 0 Å². The normalized spacial score (nSPS) is 17.4. The first-order valence-corrected chi connectivity index (χ1v) is 8.33. The van der Waals surface area contributed by atoms with E-state index in [2.05, 4.69) is 37.3 Å². The number of nitrogen functional groups attached to an aromatic ring is 1. The van der Waals surface area contributed by atoms with Crippen LogP contribution in [0.3, 0.4) is 0 Å². The second kappa shape index (κ2) is 5.51. The lowest BCUT2D eigenvalue weighted by atomic mass is 10.1. The Morgan fingerprint density at radius 2 is 2.05 bits per heavy atom. The van der Waals surface area contributed by atoms with Gasteiger partial charge in [0.2, 0.25) is 0 Å². The van der Waals surface area contributed by atoms with Crippen LogP contribution < -0.4 is 5.73 Å². The van der Waals surface area contributed by atoms with Gasteiger partial charge in [-0.1, -0.05) is 24.3 Å². The average molecular weight is 287 g/mol. The summed E-state index contributed by atoms with van der Waals surface area (Å²) in [6, 6.07) is 14.9. The summed E-state index contributed by atoms with van der Waals surface area (Å²) in [4.78, 5) is 2.77. The van der Waals surface area contributed by atoms with Crippen molar-refractivity contribution in [1.82, 2.24) is 0 Å². The topological polar surface area (TPSA) is 26.0 Å². The largest absolute Gasteiger partial charge is 0.398 e. The first-order valence-electron chi connectivity index (χ1n) is 6.46. The van der Waals surface area contributed by atoms with E-state index in [0.29, 0.717) is 5.25 Å². The Balaban J connectivity index is 1.64. The highest BCUT2D eigenvalue weighted by atomic mass is 32.2. The maximum absolute atomic E-state index is 5.95. The average Bonchev–Trinajstić information content (AvgIpc) is 2.83. The molecule has 0 aliphatic carbocycles. The van der Waals surface area contributed by atoms with E-state index >= 15 is 0 Å². The molecule has 98 valence electrons. The molecule has 0 radical (unpaired) electrons. The Hall–Kier alpha value is -1.06. The highest BCUT2D eigenvalue weighted by Crippen LogP contribution is 2.39. The molecule has 1 heterocycles. The van der Waals surface area contributed by atoms with E-state index in [1.807, 2.05) is 35.7 Å². The minimum absolute atomic E-state index is 0.684. The van der Waals surface area contributed by atoms with Gasteiger partial charge in [-0.2, -0.15) is 0 Å². The van der Waals surface area contributed by atoms with E-state index < -0.39 is 0 Å². The Morgan fingerprint density at radius 1 is 1.21 bits per heavy atom. The van der Waals surface area contributed by atoms with Crippen LogP contribution >= 0.6 is 23.5 Å². The smallest absolute Gasteiger partial charge is 0.0354 e. The van der Waals surface area contributed by atoms with Gasteiger partial charge in [0.15, 0.2) is 0 Å². The van der Waals surface area contributed by atoms with Crippen LogP contribution in [0.5, 0.6) is 0 Å². The molecule has 2 aromatic rings. The second-order valence-corrected chi connectivity index (χ2v) is 7.24. The van der Waals surface area contributed by atoms with Gasteiger partial charge in [-0.25, -0.2) is 0 Å². The summed E-state index contributed by atoms with van der Waals surface area (Å²) < 4.78 is 0. The van der Waals surface area contributed by atoms with Gasteiger partial charge in [0.05, 0.1) is 0 Å². The van der Waals surface area contributed by atoms with Gasteiger partial charge >= 0.3 is 0 Å². The van der Waals surface area contributed by atoms with Crippen LogP contribution in [0.4, 0.5) is 5.69 Å². The van der Waals surface area contributed by atoms with Gasteiger partial charge in [0, 0.05) is 26.5 Å². The molecule has 1 nitrogen and oxygen atoms in total. The zero-order valence-electron chi connectivity index (χ0n) is 10.9. The van der Waals surface area contributed by atoms with Crippen molar-refractivity contribution in [1.29, 1.82) is 0 Å². The van der Waals surface area contributed by atoms with Gasteiger partial charge < -0.3 is 5.73 Å². The molecule has 2 N–H and O–H groups in total. The molecule has 19 heavy (non-hydrogen) atoms. The predicted molar refractivity (Wildman–Crippen MR) is 86.1 cm³/mol. The van der Waals surface area contributed by atoms with E-state index in [9.17, 15) is 0 Å². The van der Waals surface area contributed by atoms with Crippen LogP contribution in [0, 0.1) is 6.92 Å². The zero-order valence-corrected chi connectivity index (χ0v) is 12.6. The minimum Gasteiger partial charge on any atom is -0.398 e. The number of benzene rings is 2. The quantitative estimate of drug-likeness (QED) is 0.670. The Bertz CT molecular complexity index is 570. The fourth-order valence-electron chi connectivity index (χ4n) is 2.32. The van der Waals surface area contributed by atoms with Crippen LogP contribution in [0.2, 0.25) is 0 Å². The second-order valence-electron chi connectivity index (χ2n) is 4.83. The molecule has 0 amide bonds. The number of hydrogen-bond acceptors (Lipinski definition) is 3. The van der Waals surface area contributed by atoms with Crippen molar-refractivity contribution in [3.8, 4) is 0 Å². The summed E-state index contributed by atoms with van der Waals surface area (Å²) in [5, 5.41) is 0.684. The third-order valence-electron chi connectivity index (χ3n) is 3.46. The lowest BCUT2D eigenvalue weighted by Crippen LogP contribution is -2.04. The van der Waals surface area contributed by atoms with Crippen molar-refractivity contribution >= 4 is 29.2 Å². The van der Waals surface area contributed by atoms with Crippen molar-refractivity contribution in [3.05, 3.63) is 53.6 Å². The molecule has 3 rings (SSSR count). The molecule has 0 saturated carbocycles. The van der Waals surface area contributed by atoms with Crippen LogP contribution in [-0.4, -0.2) is 11.0 Å². The monoisotopic (exact) mass is 287 g/mol. The summed E-state index contributed by atoms with van der Waals surface area (Å²) in [6.07, 6.45) is 1.19. The summed E-state index contributed by atoms with van der Waals surface area (Å²) >= 11 is 3.94. The van der Waals surface area contributed by atoms with E-state index in [1.165, 1.54) is 27.3 Å². The van der Waals surface area contributed by atoms with Crippen molar-refractivity contribution in [2.45, 2.75) is 28.4 Å². The lowest BCUT2D eigenvalue weighted by molar-refractivity contribution is 0.970. The van der Waals surface area contributed by atoms with E-state index in [0.717, 1.165) is 11.4 Å². The van der Waals surface area contributed by atoms with Crippen molar-refractivity contribution < 1.29 is 0 Å². The SMILES string of the molecule is Cc1c(N)cccc1SCC1Cc2ccccc2S1. The Kier molecular flexibility index (Phi) is 3.76. The molecule has 0 spiro atoms. The summed E-state index contributed by atoms with van der Waals surface area (Å²) in [7, 11) is 0. The summed E-state index contributed by atoms with van der Waals surface area (Å²) in [5.41, 5.74) is 9.57. The van der Waals surface area contributed by atoms with Crippen molar-refractivity contribution in [2.24, 2.45) is 0 Å². The van der Waals surface area contributed by atoms with E-state index in [1.54, 1.807) is 0 Å². The highest BCUT2D eigenvalue weighted by Gasteiger charge is 2.21. The van der Waals surface area contributed by atoms with Gasteiger partial charge in [0.25, 0.3) is 0 Å². The van der Waals surface area contributed by atoms with Crippen molar-refractivity contribution in [3.63, 3.8) is 0 Å². The number of nitrogens with two attached hydrogens (primary N) is 1. The standard InChI is InChI=1S/C16H17NS2/c1-11-14(17)6-4-8-15(11)18-10-13-9-12-5-2-3-7-16(12)19-13/h2-8,13H,9-10,17H2,1H3. The maximum atomic E-state index is 5.95. The Labute approximate surface area is 123 Å². The predicted octanol–water partition coefficient (Wildman–Crippen LogP) is 4.39. The molecule has 1 aliphatic rings. The van der Waals surface area contributed by atoms with Crippen LogP contribution in [0.25, 0.3) is 0 Å². The van der Waals surface area contributed by atoms with Gasteiger partial charge in [-0.15, -0.1) is 23.5 Å². The molecular formula is C16H17NS2. The molecule has 3 heteroatoms. The zero-order chi connectivity index (χ0) is 13.2. The Morgan fingerprint density at radius 3 is 2.89 bits per heavy atom. The van der Waals surface area contributed by atoms with Crippen LogP contribution in [0.15, 0.2) is 52.3 Å². The maximum Gasteiger partial charge on any atom is 0.0354 e. The first-order chi connectivity index (χ1) is 9.24. The molecule has 1 atom stereocenters. The molecule has 0 aromatic heterocycles. The molecule has 0 saturated heterocycles. The molecule has 0 bridgehead atoms. The molecule has 1 aliphatic heterocycles. The number of hydrogen-bond donors (Lipinski definition) is 1. The molecular weight excluding hydrogens is 270 g/mol. The van der Waals surface area contributed by atoms with Crippen LogP contribution in [-0.2, 0) is 6.42 Å². The van der Waals surface area contributed by atoms with Gasteiger partial charge in [-0.05, 0) is 42.7 Å².